The summed E-state index contributed by atoms with van der Waals surface area (Å²) in [6.07, 6.45) is 3.23. The van der Waals surface area contributed by atoms with Crippen LogP contribution in [0.15, 0.2) is 42.5 Å². The summed E-state index contributed by atoms with van der Waals surface area (Å²) in [6.45, 7) is 2.14. The molecule has 0 bridgehead atoms. The van der Waals surface area contributed by atoms with E-state index in [2.05, 4.69) is 6.92 Å². The summed E-state index contributed by atoms with van der Waals surface area (Å²) < 4.78 is 0. The van der Waals surface area contributed by atoms with Gasteiger partial charge in [-0.05, 0) is 41.7 Å². The Morgan fingerprint density at radius 1 is 0.767 bits per heavy atom. The SMILES string of the molecule is CCCCc1ccc(-c2ccc3c(c2)C(=O)c2c(O)c(O)c(N)c(O)c2C3=O)cc1. The molecule has 3 aromatic rings. The van der Waals surface area contributed by atoms with Gasteiger partial charge in [0, 0.05) is 11.1 Å². The molecule has 1 aliphatic carbocycles. The van der Waals surface area contributed by atoms with Crippen LogP contribution in [0.2, 0.25) is 0 Å². The van der Waals surface area contributed by atoms with E-state index in [0.29, 0.717) is 0 Å². The third-order valence-corrected chi connectivity index (χ3v) is 5.53. The number of carbonyl (C=O) groups excluding carboxylic acids is 2. The molecule has 0 saturated carbocycles. The van der Waals surface area contributed by atoms with Crippen LogP contribution in [-0.4, -0.2) is 26.9 Å². The molecule has 0 unspecified atom stereocenters. The van der Waals surface area contributed by atoms with Gasteiger partial charge in [-0.1, -0.05) is 43.7 Å². The van der Waals surface area contributed by atoms with E-state index in [4.69, 9.17) is 5.73 Å². The lowest BCUT2D eigenvalue weighted by molar-refractivity contribution is 0.0974. The monoisotopic (exact) mass is 403 g/mol. The van der Waals surface area contributed by atoms with Crippen LogP contribution in [0, 0.1) is 0 Å². The largest absolute Gasteiger partial charge is 0.505 e. The van der Waals surface area contributed by atoms with Crippen LogP contribution in [0.4, 0.5) is 5.69 Å². The molecule has 0 radical (unpaired) electrons. The van der Waals surface area contributed by atoms with Gasteiger partial charge in [0.1, 0.15) is 5.69 Å². The molecule has 0 aromatic heterocycles. The molecule has 0 atom stereocenters. The predicted molar refractivity (Wildman–Crippen MR) is 113 cm³/mol. The number of aryl methyl sites for hydroxylation is 1. The summed E-state index contributed by atoms with van der Waals surface area (Å²) >= 11 is 0. The van der Waals surface area contributed by atoms with Crippen molar-refractivity contribution in [3.05, 3.63) is 70.3 Å². The third kappa shape index (κ3) is 2.88. The molecular formula is C24H21NO5. The summed E-state index contributed by atoms with van der Waals surface area (Å²) in [5.41, 5.74) is 7.23. The Kier molecular flexibility index (Phi) is 4.70. The first-order chi connectivity index (χ1) is 14.3. The first-order valence-corrected chi connectivity index (χ1v) is 9.74. The van der Waals surface area contributed by atoms with E-state index < -0.39 is 45.6 Å². The van der Waals surface area contributed by atoms with E-state index in [1.165, 1.54) is 11.6 Å². The lowest BCUT2D eigenvalue weighted by Crippen LogP contribution is -2.22. The lowest BCUT2D eigenvalue weighted by atomic mass is 9.81. The molecule has 4 rings (SSSR count). The van der Waals surface area contributed by atoms with E-state index in [0.717, 1.165) is 30.4 Å². The molecular weight excluding hydrogens is 382 g/mol. The van der Waals surface area contributed by atoms with Gasteiger partial charge in [-0.15, -0.1) is 0 Å². The van der Waals surface area contributed by atoms with Crippen molar-refractivity contribution < 1.29 is 24.9 Å². The van der Waals surface area contributed by atoms with E-state index in [1.54, 1.807) is 12.1 Å². The van der Waals surface area contributed by atoms with Crippen LogP contribution in [0.3, 0.4) is 0 Å². The number of benzene rings is 3. The normalized spacial score (nSPS) is 12.6. The second-order valence-electron chi connectivity index (χ2n) is 7.43. The van der Waals surface area contributed by atoms with Gasteiger partial charge < -0.3 is 21.1 Å². The molecule has 0 fully saturated rings. The summed E-state index contributed by atoms with van der Waals surface area (Å²) in [5, 5.41) is 30.4. The van der Waals surface area contributed by atoms with Gasteiger partial charge in [-0.25, -0.2) is 0 Å². The number of unbranched alkanes of at least 4 members (excludes halogenated alkanes) is 1. The standard InChI is InChI=1S/C24H21NO5/c1-2-3-4-12-5-7-13(8-6-12)14-9-10-15-16(11-14)21(27)18-17(20(15)26)22(28)19(25)24(30)23(18)29/h5-11,28-30H,2-4,25H2,1H3. The Morgan fingerprint density at radius 2 is 1.37 bits per heavy atom. The Hall–Kier alpha value is -3.80. The van der Waals surface area contributed by atoms with Crippen molar-refractivity contribution in [2.45, 2.75) is 26.2 Å². The number of hydrogen-bond donors (Lipinski definition) is 4. The van der Waals surface area contributed by atoms with Crippen LogP contribution in [-0.2, 0) is 6.42 Å². The summed E-state index contributed by atoms with van der Waals surface area (Å²) in [4.78, 5) is 26.0. The Balaban J connectivity index is 1.80. The highest BCUT2D eigenvalue weighted by molar-refractivity contribution is 6.31. The number of phenols is 3. The minimum absolute atomic E-state index is 0.0962. The van der Waals surface area contributed by atoms with Gasteiger partial charge in [-0.3, -0.25) is 9.59 Å². The topological polar surface area (TPSA) is 121 Å². The molecule has 0 heterocycles. The molecule has 3 aromatic carbocycles. The number of nitrogens with two attached hydrogens (primary N) is 1. The van der Waals surface area contributed by atoms with Crippen molar-refractivity contribution in [2.24, 2.45) is 0 Å². The van der Waals surface area contributed by atoms with Crippen molar-refractivity contribution in [2.75, 3.05) is 5.73 Å². The first kappa shape index (κ1) is 19.5. The van der Waals surface area contributed by atoms with E-state index >= 15 is 0 Å². The molecule has 30 heavy (non-hydrogen) atoms. The Morgan fingerprint density at radius 3 is 2.03 bits per heavy atom. The number of anilines is 1. The zero-order chi connectivity index (χ0) is 21.6. The highest BCUT2D eigenvalue weighted by Gasteiger charge is 2.37. The molecule has 0 saturated heterocycles. The molecule has 1 aliphatic rings. The molecule has 0 amide bonds. The highest BCUT2D eigenvalue weighted by Crippen LogP contribution is 2.48. The maximum atomic E-state index is 13.1. The fourth-order valence-corrected chi connectivity index (χ4v) is 3.80. The maximum Gasteiger partial charge on any atom is 0.198 e. The highest BCUT2D eigenvalue weighted by atomic mass is 16.3. The maximum absolute atomic E-state index is 13.1. The number of fused-ring (bicyclic) bond motifs is 2. The van der Waals surface area contributed by atoms with E-state index in [9.17, 15) is 24.9 Å². The van der Waals surface area contributed by atoms with Gasteiger partial charge in [0.05, 0.1) is 11.1 Å². The quantitative estimate of drug-likeness (QED) is 0.231. The number of ketones is 2. The molecule has 6 nitrogen and oxygen atoms in total. The summed E-state index contributed by atoms with van der Waals surface area (Å²) in [6, 6.07) is 12.9. The summed E-state index contributed by atoms with van der Waals surface area (Å²) in [7, 11) is 0. The van der Waals surface area contributed by atoms with Crippen molar-refractivity contribution in [3.8, 4) is 28.4 Å². The fourth-order valence-electron chi connectivity index (χ4n) is 3.80. The molecule has 0 aliphatic heterocycles. The smallest absolute Gasteiger partial charge is 0.198 e. The van der Waals surface area contributed by atoms with Gasteiger partial charge in [0.25, 0.3) is 0 Å². The van der Waals surface area contributed by atoms with Crippen LogP contribution in [0.1, 0.15) is 57.2 Å². The summed E-state index contributed by atoms with van der Waals surface area (Å²) in [5.74, 6) is -3.65. The zero-order valence-electron chi connectivity index (χ0n) is 16.4. The number of carbonyl (C=O) groups is 2. The van der Waals surface area contributed by atoms with Crippen LogP contribution < -0.4 is 5.73 Å². The number of rotatable bonds is 4. The van der Waals surface area contributed by atoms with Gasteiger partial charge in [0.15, 0.2) is 28.8 Å². The van der Waals surface area contributed by atoms with E-state index in [1.807, 2.05) is 24.3 Å². The second-order valence-corrected chi connectivity index (χ2v) is 7.43. The van der Waals surface area contributed by atoms with Crippen molar-refractivity contribution in [1.82, 2.24) is 0 Å². The number of hydrogen-bond acceptors (Lipinski definition) is 6. The van der Waals surface area contributed by atoms with Crippen LogP contribution >= 0.6 is 0 Å². The number of nitrogen functional groups attached to an aromatic ring is 1. The molecule has 152 valence electrons. The second kappa shape index (κ2) is 7.22. The van der Waals surface area contributed by atoms with Crippen molar-refractivity contribution in [1.29, 1.82) is 0 Å². The lowest BCUT2D eigenvalue weighted by Gasteiger charge is -2.21. The zero-order valence-corrected chi connectivity index (χ0v) is 16.4. The minimum Gasteiger partial charge on any atom is -0.505 e. The Labute approximate surface area is 173 Å². The molecule has 6 heteroatoms. The van der Waals surface area contributed by atoms with Crippen LogP contribution in [0.5, 0.6) is 17.2 Å². The van der Waals surface area contributed by atoms with E-state index in [-0.39, 0.29) is 11.1 Å². The van der Waals surface area contributed by atoms with Gasteiger partial charge in [-0.2, -0.15) is 0 Å². The first-order valence-electron chi connectivity index (χ1n) is 9.74. The minimum atomic E-state index is -0.824. The molecule has 5 N–H and O–H groups in total. The van der Waals surface area contributed by atoms with Crippen molar-refractivity contribution in [3.63, 3.8) is 0 Å². The van der Waals surface area contributed by atoms with Crippen molar-refractivity contribution >= 4 is 17.3 Å². The third-order valence-electron chi connectivity index (χ3n) is 5.53. The average Bonchev–Trinajstić information content (AvgIpc) is 2.77. The van der Waals surface area contributed by atoms with Crippen LogP contribution in [0.25, 0.3) is 11.1 Å². The fraction of sp³-hybridized carbons (Fsp3) is 0.167. The number of phenolic OH excluding ortho intramolecular Hbond substituents is 3. The van der Waals surface area contributed by atoms with Gasteiger partial charge in [0.2, 0.25) is 0 Å². The average molecular weight is 403 g/mol. The van der Waals surface area contributed by atoms with Gasteiger partial charge >= 0.3 is 0 Å². The molecule has 0 spiro atoms. The Bertz CT molecular complexity index is 1200. The predicted octanol–water partition coefficient (Wildman–Crippen LogP) is 4.17. The number of aromatic hydroxyl groups is 3.